The molecule has 0 aromatic carbocycles. The van der Waals surface area contributed by atoms with Gasteiger partial charge in [0.05, 0.1) is 22.9 Å². The highest BCUT2D eigenvalue weighted by atomic mass is 127. The van der Waals surface area contributed by atoms with Crippen molar-refractivity contribution in [2.24, 2.45) is 0 Å². The maximum Gasteiger partial charge on any atom is 0.254 e. The zero-order valence-corrected chi connectivity index (χ0v) is 9.74. The second-order valence-electron chi connectivity index (χ2n) is 2.78. The maximum absolute atomic E-state index is 11.0. The third-order valence-electron chi connectivity index (χ3n) is 1.37. The van der Waals surface area contributed by atoms with E-state index in [1.165, 1.54) is 6.08 Å². The van der Waals surface area contributed by atoms with Crippen LogP contribution in [0.2, 0.25) is 0 Å². The summed E-state index contributed by atoms with van der Waals surface area (Å²) in [5.74, 6) is -0.0191. The molecule has 3 nitrogen and oxygen atoms in total. The Morgan fingerprint density at radius 1 is 1.50 bits per heavy atom. The molecule has 0 saturated heterocycles. The predicted octanol–water partition coefficient (Wildman–Crippen LogP) is 1.30. The van der Waals surface area contributed by atoms with Gasteiger partial charge in [0.25, 0.3) is 5.91 Å². The average molecular weight is 282 g/mol. The minimum absolute atomic E-state index is 0.0191. The summed E-state index contributed by atoms with van der Waals surface area (Å²) in [6, 6.07) is 0. The lowest BCUT2D eigenvalue weighted by atomic mass is 10.4. The number of carbonyl (C=O) groups excluding carboxylic acids is 1. The Morgan fingerprint density at radius 2 is 2.08 bits per heavy atom. The predicted molar refractivity (Wildman–Crippen MR) is 59.1 cm³/mol. The molecule has 0 saturated carbocycles. The molecule has 0 aliphatic carbocycles. The van der Waals surface area contributed by atoms with Gasteiger partial charge in [-0.15, -0.1) is 0 Å². The molecule has 0 aliphatic heterocycles. The van der Waals surface area contributed by atoms with Gasteiger partial charge in [0.1, 0.15) is 0 Å². The summed E-state index contributed by atoms with van der Waals surface area (Å²) in [5.41, 5.74) is 0. The molecule has 0 aliphatic rings. The van der Waals surface area contributed by atoms with Gasteiger partial charge >= 0.3 is 0 Å². The number of amides is 1. The normalized spacial score (nSPS) is 10.0. The van der Waals surface area contributed by atoms with Crippen molar-refractivity contribution in [2.75, 3.05) is 27.2 Å². The first-order valence-corrected chi connectivity index (χ1v) is 4.79. The minimum Gasteiger partial charge on any atom is -0.309 e. The smallest absolute Gasteiger partial charge is 0.254 e. The van der Waals surface area contributed by atoms with Gasteiger partial charge in [-0.3, -0.25) is 7.91 Å². The molecular weight excluding hydrogens is 267 g/mol. The van der Waals surface area contributed by atoms with Crippen molar-refractivity contribution in [1.82, 2.24) is 8.01 Å². The van der Waals surface area contributed by atoms with Crippen LogP contribution >= 0.6 is 22.9 Å². The molecule has 0 rings (SSSR count). The number of hydrogen-bond acceptors (Lipinski definition) is 2. The highest BCUT2D eigenvalue weighted by Crippen LogP contribution is 2.01. The Kier molecular flexibility index (Phi) is 6.37. The topological polar surface area (TPSA) is 23.6 Å². The Bertz CT molecular complexity index is 159. The molecule has 70 valence electrons. The van der Waals surface area contributed by atoms with E-state index < -0.39 is 0 Å². The standard InChI is InChI=1S/C8H15IN2O/c1-4-8(12)11(9)7-5-6-10(2)3/h4H,1,5-7H2,2-3H3. The maximum atomic E-state index is 11.0. The first-order valence-electron chi connectivity index (χ1n) is 3.82. The first-order chi connectivity index (χ1) is 5.57. The van der Waals surface area contributed by atoms with Crippen LogP contribution in [0.5, 0.6) is 0 Å². The van der Waals surface area contributed by atoms with Crippen molar-refractivity contribution in [2.45, 2.75) is 6.42 Å². The van der Waals surface area contributed by atoms with Gasteiger partial charge in [0.15, 0.2) is 0 Å². The number of hydrogen-bond donors (Lipinski definition) is 0. The summed E-state index contributed by atoms with van der Waals surface area (Å²) in [5, 5.41) is 0. The lowest BCUT2D eigenvalue weighted by molar-refractivity contribution is -0.120. The summed E-state index contributed by atoms with van der Waals surface area (Å²) in [6.45, 7) is 5.20. The molecule has 0 heterocycles. The molecule has 0 atom stereocenters. The van der Waals surface area contributed by atoms with Crippen molar-refractivity contribution >= 4 is 28.8 Å². The summed E-state index contributed by atoms with van der Waals surface area (Å²) < 4.78 is 1.65. The third-order valence-corrected chi connectivity index (χ3v) is 2.33. The molecule has 0 bridgehead atoms. The number of carbonyl (C=O) groups is 1. The van der Waals surface area contributed by atoms with Crippen molar-refractivity contribution in [3.05, 3.63) is 12.7 Å². The van der Waals surface area contributed by atoms with Gasteiger partial charge in [-0.1, -0.05) is 6.58 Å². The molecular formula is C8H15IN2O. The highest BCUT2D eigenvalue weighted by Gasteiger charge is 2.04. The molecule has 0 aromatic heterocycles. The molecule has 0 N–H and O–H groups in total. The minimum atomic E-state index is -0.0191. The second-order valence-corrected chi connectivity index (χ2v) is 3.95. The fraction of sp³-hybridized carbons (Fsp3) is 0.625. The van der Waals surface area contributed by atoms with E-state index in [1.807, 2.05) is 37.0 Å². The molecule has 0 aromatic rings. The quantitative estimate of drug-likeness (QED) is 0.431. The summed E-state index contributed by atoms with van der Waals surface area (Å²) >= 11 is 2.01. The number of nitrogens with zero attached hydrogens (tertiary/aromatic N) is 2. The van der Waals surface area contributed by atoms with E-state index in [-0.39, 0.29) is 5.91 Å². The van der Waals surface area contributed by atoms with Crippen LogP contribution in [0.15, 0.2) is 12.7 Å². The molecule has 1 amide bonds. The van der Waals surface area contributed by atoms with Gasteiger partial charge in [-0.25, -0.2) is 0 Å². The van der Waals surface area contributed by atoms with Gasteiger partial charge in [0, 0.05) is 6.54 Å². The van der Waals surface area contributed by atoms with E-state index in [2.05, 4.69) is 11.5 Å². The van der Waals surface area contributed by atoms with Crippen LogP contribution in [-0.2, 0) is 4.79 Å². The monoisotopic (exact) mass is 282 g/mol. The summed E-state index contributed by atoms with van der Waals surface area (Å²) in [7, 11) is 4.04. The number of rotatable bonds is 5. The Morgan fingerprint density at radius 3 is 2.50 bits per heavy atom. The van der Waals surface area contributed by atoms with Crippen molar-refractivity contribution in [3.8, 4) is 0 Å². The molecule has 0 fully saturated rings. The Hall–Kier alpha value is -0.100. The summed E-state index contributed by atoms with van der Waals surface area (Å²) in [6.07, 6.45) is 2.33. The molecule has 0 radical (unpaired) electrons. The first kappa shape index (κ1) is 11.9. The molecule has 0 unspecified atom stereocenters. The molecule has 0 spiro atoms. The number of halogens is 1. The lowest BCUT2D eigenvalue weighted by Gasteiger charge is -2.14. The van der Waals surface area contributed by atoms with Gasteiger partial charge in [0.2, 0.25) is 0 Å². The van der Waals surface area contributed by atoms with Crippen LogP contribution in [0.3, 0.4) is 0 Å². The average Bonchev–Trinajstić information content (AvgIpc) is 2.02. The van der Waals surface area contributed by atoms with E-state index in [0.717, 1.165) is 19.5 Å². The highest BCUT2D eigenvalue weighted by molar-refractivity contribution is 14.1. The van der Waals surface area contributed by atoms with E-state index >= 15 is 0 Å². The Labute approximate surface area is 87.9 Å². The van der Waals surface area contributed by atoms with Gasteiger partial charge in [-0.2, -0.15) is 0 Å². The van der Waals surface area contributed by atoms with Crippen LogP contribution in [0, 0.1) is 0 Å². The fourth-order valence-corrected chi connectivity index (χ4v) is 1.27. The van der Waals surface area contributed by atoms with Crippen LogP contribution < -0.4 is 0 Å². The Balaban J connectivity index is 3.50. The lowest BCUT2D eigenvalue weighted by Crippen LogP contribution is -2.23. The van der Waals surface area contributed by atoms with Gasteiger partial charge < -0.3 is 4.90 Å². The van der Waals surface area contributed by atoms with Crippen LogP contribution in [-0.4, -0.2) is 41.1 Å². The van der Waals surface area contributed by atoms with E-state index in [1.54, 1.807) is 3.11 Å². The van der Waals surface area contributed by atoms with E-state index in [9.17, 15) is 4.79 Å². The van der Waals surface area contributed by atoms with Crippen LogP contribution in [0.1, 0.15) is 6.42 Å². The zero-order chi connectivity index (χ0) is 9.56. The van der Waals surface area contributed by atoms with Gasteiger partial charge in [-0.05, 0) is 33.1 Å². The SMILES string of the molecule is C=CC(=O)N(I)CCCN(C)C. The molecule has 4 heteroatoms. The van der Waals surface area contributed by atoms with Crippen molar-refractivity contribution in [1.29, 1.82) is 0 Å². The largest absolute Gasteiger partial charge is 0.309 e. The fourth-order valence-electron chi connectivity index (χ4n) is 0.735. The second kappa shape index (κ2) is 6.42. The molecule has 12 heavy (non-hydrogen) atoms. The van der Waals surface area contributed by atoms with E-state index in [4.69, 9.17) is 0 Å². The zero-order valence-electron chi connectivity index (χ0n) is 7.59. The van der Waals surface area contributed by atoms with E-state index in [0.29, 0.717) is 0 Å². The van der Waals surface area contributed by atoms with Crippen LogP contribution in [0.25, 0.3) is 0 Å². The van der Waals surface area contributed by atoms with Crippen molar-refractivity contribution < 1.29 is 4.79 Å². The summed E-state index contributed by atoms with van der Waals surface area (Å²) in [4.78, 5) is 13.1. The van der Waals surface area contributed by atoms with Crippen LogP contribution in [0.4, 0.5) is 0 Å². The van der Waals surface area contributed by atoms with Crippen molar-refractivity contribution in [3.63, 3.8) is 0 Å². The third kappa shape index (κ3) is 5.54.